The first-order valence-corrected chi connectivity index (χ1v) is 9.66. The summed E-state index contributed by atoms with van der Waals surface area (Å²) in [6, 6.07) is -0.343. The molecule has 23 heavy (non-hydrogen) atoms. The predicted octanol–water partition coefficient (Wildman–Crippen LogP) is -0.168. The van der Waals surface area contributed by atoms with Gasteiger partial charge in [-0.15, -0.1) is 12.4 Å². The quantitative estimate of drug-likeness (QED) is 0.701. The molecule has 2 aliphatic rings. The first-order chi connectivity index (χ1) is 10.3. The fourth-order valence-electron chi connectivity index (χ4n) is 3.22. The molecular weight excluding hydrogens is 342 g/mol. The van der Waals surface area contributed by atoms with Gasteiger partial charge in [0.05, 0.1) is 23.6 Å². The first-order valence-electron chi connectivity index (χ1n) is 7.84. The largest absolute Gasteiger partial charge is 0.351 e. The smallest absolute Gasteiger partial charge is 0.243 e. The van der Waals surface area contributed by atoms with Crippen LogP contribution < -0.4 is 11.1 Å². The maximum absolute atomic E-state index is 12.5. The lowest BCUT2D eigenvalue weighted by Gasteiger charge is -2.30. The molecule has 2 rings (SSSR count). The molecule has 2 amide bonds. The molecule has 1 aliphatic heterocycles. The van der Waals surface area contributed by atoms with Gasteiger partial charge in [0.1, 0.15) is 0 Å². The maximum Gasteiger partial charge on any atom is 0.243 e. The predicted molar refractivity (Wildman–Crippen MR) is 90.1 cm³/mol. The van der Waals surface area contributed by atoms with Gasteiger partial charge in [-0.2, -0.15) is 0 Å². The van der Waals surface area contributed by atoms with E-state index in [9.17, 15) is 18.0 Å². The van der Waals surface area contributed by atoms with Crippen LogP contribution in [0.4, 0.5) is 0 Å². The number of carbonyl (C=O) groups is 2. The van der Waals surface area contributed by atoms with E-state index in [0.29, 0.717) is 25.8 Å². The summed E-state index contributed by atoms with van der Waals surface area (Å²) in [5, 5.41) is 2.70. The van der Waals surface area contributed by atoms with Gasteiger partial charge in [-0.1, -0.05) is 12.8 Å². The van der Waals surface area contributed by atoms with Gasteiger partial charge < -0.3 is 16.0 Å². The van der Waals surface area contributed by atoms with Crippen molar-refractivity contribution >= 4 is 34.1 Å². The second-order valence-corrected chi connectivity index (χ2v) is 8.58. The Morgan fingerprint density at radius 3 is 2.39 bits per heavy atom. The third kappa shape index (κ3) is 5.06. The van der Waals surface area contributed by atoms with Crippen LogP contribution >= 0.6 is 12.4 Å². The zero-order chi connectivity index (χ0) is 16.4. The van der Waals surface area contributed by atoms with Crippen molar-refractivity contribution in [1.29, 1.82) is 0 Å². The summed E-state index contributed by atoms with van der Waals surface area (Å²) in [6.07, 6.45) is 3.63. The van der Waals surface area contributed by atoms with Gasteiger partial charge in [-0.25, -0.2) is 8.42 Å². The molecule has 7 nitrogen and oxygen atoms in total. The van der Waals surface area contributed by atoms with Crippen molar-refractivity contribution in [1.82, 2.24) is 10.2 Å². The van der Waals surface area contributed by atoms with Crippen molar-refractivity contribution in [2.75, 3.05) is 24.6 Å². The zero-order valence-corrected chi connectivity index (χ0v) is 15.0. The molecule has 2 fully saturated rings. The highest BCUT2D eigenvalue weighted by Crippen LogP contribution is 2.28. The summed E-state index contributed by atoms with van der Waals surface area (Å²) in [5.41, 5.74) is 5.31. The van der Waals surface area contributed by atoms with Crippen LogP contribution in [-0.4, -0.2) is 61.3 Å². The van der Waals surface area contributed by atoms with Crippen molar-refractivity contribution in [2.24, 2.45) is 5.73 Å². The fraction of sp³-hybridized carbons (Fsp3) is 0.857. The lowest BCUT2D eigenvalue weighted by atomic mass is 9.97. The minimum Gasteiger partial charge on any atom is -0.351 e. The molecule has 1 saturated carbocycles. The summed E-state index contributed by atoms with van der Waals surface area (Å²) in [4.78, 5) is 26.0. The lowest BCUT2D eigenvalue weighted by molar-refractivity contribution is -0.140. The molecule has 0 aromatic carbocycles. The van der Waals surface area contributed by atoms with Crippen molar-refractivity contribution in [3.63, 3.8) is 0 Å². The topological polar surface area (TPSA) is 110 Å². The van der Waals surface area contributed by atoms with Crippen LogP contribution in [-0.2, 0) is 19.4 Å². The van der Waals surface area contributed by atoms with Crippen molar-refractivity contribution < 1.29 is 18.0 Å². The van der Waals surface area contributed by atoms with Crippen LogP contribution in [0.25, 0.3) is 0 Å². The Kier molecular flexibility index (Phi) is 6.85. The third-order valence-electron chi connectivity index (χ3n) is 4.52. The lowest BCUT2D eigenvalue weighted by Crippen LogP contribution is -2.55. The number of likely N-dealkylation sites (N-methyl/N-ethyl adjacent to an activating group) is 1. The van der Waals surface area contributed by atoms with Gasteiger partial charge in [0.15, 0.2) is 9.84 Å². The average molecular weight is 368 g/mol. The van der Waals surface area contributed by atoms with Crippen molar-refractivity contribution in [2.45, 2.75) is 50.6 Å². The van der Waals surface area contributed by atoms with E-state index in [-0.39, 0.29) is 48.3 Å². The van der Waals surface area contributed by atoms with Gasteiger partial charge >= 0.3 is 0 Å². The molecule has 1 unspecified atom stereocenters. The number of amides is 2. The van der Waals surface area contributed by atoms with Gasteiger partial charge in [0, 0.05) is 12.6 Å². The number of sulfone groups is 1. The number of hydrogen-bond donors (Lipinski definition) is 2. The summed E-state index contributed by atoms with van der Waals surface area (Å²) < 4.78 is 22.8. The molecule has 1 atom stereocenters. The Hall–Kier alpha value is -0.860. The monoisotopic (exact) mass is 367 g/mol. The Morgan fingerprint density at radius 1 is 1.30 bits per heavy atom. The second kappa shape index (κ2) is 7.81. The fourth-order valence-corrected chi connectivity index (χ4v) is 4.89. The SMILES string of the molecule is CCN(CC(=O)NC1CCS(=O)(=O)C1)C(=O)C1(N)CCCC1.Cl. The molecule has 3 N–H and O–H groups in total. The van der Waals surface area contributed by atoms with E-state index < -0.39 is 15.4 Å². The van der Waals surface area contributed by atoms with Crippen LogP contribution in [0.3, 0.4) is 0 Å². The van der Waals surface area contributed by atoms with Crippen molar-refractivity contribution in [3.05, 3.63) is 0 Å². The van der Waals surface area contributed by atoms with Crippen LogP contribution in [0.5, 0.6) is 0 Å². The molecular formula is C14H26ClN3O4S. The van der Waals surface area contributed by atoms with E-state index in [1.54, 1.807) is 0 Å². The summed E-state index contributed by atoms with van der Waals surface area (Å²) in [6.45, 7) is 2.16. The molecule has 134 valence electrons. The Labute approximate surface area is 143 Å². The molecule has 0 radical (unpaired) electrons. The van der Waals surface area contributed by atoms with E-state index in [1.807, 2.05) is 6.92 Å². The number of halogens is 1. The molecule has 1 aliphatic carbocycles. The molecule has 0 aromatic rings. The van der Waals surface area contributed by atoms with Gasteiger partial charge in [-0.3, -0.25) is 9.59 Å². The van der Waals surface area contributed by atoms with Crippen LogP contribution in [0.1, 0.15) is 39.0 Å². The molecule has 0 aromatic heterocycles. The normalized spacial score (nSPS) is 24.7. The Morgan fingerprint density at radius 2 is 1.91 bits per heavy atom. The van der Waals surface area contributed by atoms with Crippen LogP contribution in [0.2, 0.25) is 0 Å². The molecule has 0 bridgehead atoms. The molecule has 1 heterocycles. The van der Waals surface area contributed by atoms with Gasteiger partial charge in [0.2, 0.25) is 11.8 Å². The number of nitrogens with one attached hydrogen (secondary N) is 1. The molecule has 9 heteroatoms. The standard InChI is InChI=1S/C14H25N3O4S.ClH/c1-2-17(13(19)14(15)6-3-4-7-14)9-12(18)16-11-5-8-22(20,21)10-11;/h11H,2-10,15H2,1H3,(H,16,18);1H. The van der Waals surface area contributed by atoms with Gasteiger partial charge in [-0.05, 0) is 26.2 Å². The Balaban J connectivity index is 0.00000264. The number of rotatable bonds is 5. The van der Waals surface area contributed by atoms with Crippen LogP contribution in [0.15, 0.2) is 0 Å². The highest BCUT2D eigenvalue weighted by Gasteiger charge is 2.40. The van der Waals surface area contributed by atoms with E-state index in [2.05, 4.69) is 5.32 Å². The summed E-state index contributed by atoms with van der Waals surface area (Å²) in [5.74, 6) is -0.402. The minimum absolute atomic E-state index is 0. The number of carbonyl (C=O) groups excluding carboxylic acids is 2. The summed E-state index contributed by atoms with van der Waals surface area (Å²) in [7, 11) is -3.03. The van der Waals surface area contributed by atoms with Gasteiger partial charge in [0.25, 0.3) is 0 Å². The maximum atomic E-state index is 12.5. The highest BCUT2D eigenvalue weighted by molar-refractivity contribution is 7.91. The van der Waals surface area contributed by atoms with E-state index >= 15 is 0 Å². The first kappa shape index (κ1) is 20.2. The number of nitrogens with two attached hydrogens (primary N) is 1. The zero-order valence-electron chi connectivity index (χ0n) is 13.4. The van der Waals surface area contributed by atoms with E-state index in [1.165, 1.54) is 4.90 Å². The number of hydrogen-bond acceptors (Lipinski definition) is 5. The molecule has 1 saturated heterocycles. The minimum atomic E-state index is -3.03. The number of nitrogens with zero attached hydrogens (tertiary/aromatic N) is 1. The van der Waals surface area contributed by atoms with E-state index in [4.69, 9.17) is 5.73 Å². The molecule has 0 spiro atoms. The third-order valence-corrected chi connectivity index (χ3v) is 6.29. The van der Waals surface area contributed by atoms with E-state index in [0.717, 1.165) is 12.8 Å². The Bertz CT molecular complexity index is 546. The van der Waals surface area contributed by atoms with Crippen LogP contribution in [0, 0.1) is 0 Å². The highest BCUT2D eigenvalue weighted by atomic mass is 35.5. The average Bonchev–Trinajstić information content (AvgIpc) is 3.02. The summed E-state index contributed by atoms with van der Waals surface area (Å²) >= 11 is 0. The van der Waals surface area contributed by atoms with Crippen molar-refractivity contribution in [3.8, 4) is 0 Å². The second-order valence-electron chi connectivity index (χ2n) is 6.35.